The highest BCUT2D eigenvalue weighted by Crippen LogP contribution is 2.65. The van der Waals surface area contributed by atoms with Crippen LogP contribution in [0, 0.1) is 5.92 Å². The fraction of sp³-hybridized carbons (Fsp3) is 0.433. The number of hydrogen-bond acceptors (Lipinski definition) is 11. The lowest BCUT2D eigenvalue weighted by Gasteiger charge is -2.57. The van der Waals surface area contributed by atoms with E-state index in [2.05, 4.69) is 0 Å². The molecule has 41 heavy (non-hydrogen) atoms. The number of aliphatic hydroxyl groups excluding tert-OH is 1. The molecule has 0 unspecified atom stereocenters. The van der Waals surface area contributed by atoms with Crippen LogP contribution in [0.2, 0.25) is 0 Å². The van der Waals surface area contributed by atoms with Gasteiger partial charge in [0, 0.05) is 46.4 Å². The lowest BCUT2D eigenvalue weighted by Crippen LogP contribution is -2.75. The highest BCUT2D eigenvalue weighted by molar-refractivity contribution is 6.29. The third-order valence-corrected chi connectivity index (χ3v) is 9.37. The Morgan fingerprint density at radius 2 is 1.54 bits per heavy atom. The summed E-state index contributed by atoms with van der Waals surface area (Å²) in [5, 5.41) is 57.2. The van der Waals surface area contributed by atoms with Crippen molar-refractivity contribution in [3.8, 4) is 23.0 Å². The van der Waals surface area contributed by atoms with E-state index in [0.717, 1.165) is 18.2 Å². The second kappa shape index (κ2) is 7.95. The molecule has 3 aliphatic heterocycles. The standard InChI is InChI=1S/C30H28O11/c1-9-5-14-19(10(2)39-9)26(35)21-17(33)8-18-24(22(21)25(14)34)29(38)15-6-13(31)7-16(32)20(15)27(36)23-11(3)40-12(4)28(37)30(23,29)41-18/h6-12,23,28,31-33,37-38H,5H2,1-4H3/t9-,10-,11-,12-,23-,28-,29+,30+/m1/s1. The molecule has 0 radical (unpaired) electrons. The second-order valence-corrected chi connectivity index (χ2v) is 11.7. The molecule has 0 saturated carbocycles. The SMILES string of the molecule is C[C@@H]1CC2=C(C(=O)c3c(O)cc4c(c3C2=O)[C@@]2(O)c3cc(O)cc(O)c3C(=O)[C@H]3[C@@H](C)O[C@H](C)[C@@H](O)[C@@]32O4)[C@@H](C)O1. The van der Waals surface area contributed by atoms with Gasteiger partial charge in [-0.2, -0.15) is 0 Å². The van der Waals surface area contributed by atoms with Crippen LogP contribution >= 0.6 is 0 Å². The van der Waals surface area contributed by atoms with Crippen LogP contribution in [-0.4, -0.2) is 79.0 Å². The Kier molecular flexibility index (Phi) is 5.07. The van der Waals surface area contributed by atoms with E-state index in [4.69, 9.17) is 14.2 Å². The first kappa shape index (κ1) is 26.1. The number of carbonyl (C=O) groups excluding carboxylic acids is 3. The van der Waals surface area contributed by atoms with Gasteiger partial charge < -0.3 is 39.7 Å². The molecule has 1 saturated heterocycles. The van der Waals surface area contributed by atoms with Crippen molar-refractivity contribution in [3.05, 3.63) is 57.2 Å². The van der Waals surface area contributed by atoms with Gasteiger partial charge in [0.2, 0.25) is 0 Å². The summed E-state index contributed by atoms with van der Waals surface area (Å²) in [6, 6.07) is 3.09. The topological polar surface area (TPSA) is 180 Å². The summed E-state index contributed by atoms with van der Waals surface area (Å²) in [5.41, 5.74) is -6.09. The van der Waals surface area contributed by atoms with Gasteiger partial charge in [0.1, 0.15) is 29.1 Å². The summed E-state index contributed by atoms with van der Waals surface area (Å²) < 4.78 is 18.0. The van der Waals surface area contributed by atoms with E-state index in [9.17, 15) is 39.9 Å². The smallest absolute Gasteiger partial charge is 0.196 e. The molecule has 7 rings (SSSR count). The third kappa shape index (κ3) is 2.84. The first-order chi connectivity index (χ1) is 19.2. The van der Waals surface area contributed by atoms with E-state index in [0.29, 0.717) is 0 Å². The maximum atomic E-state index is 14.3. The van der Waals surface area contributed by atoms with Crippen molar-refractivity contribution < 1.29 is 54.1 Å². The zero-order valence-electron chi connectivity index (χ0n) is 22.6. The molecule has 214 valence electrons. The third-order valence-electron chi connectivity index (χ3n) is 9.37. The number of ketones is 3. The van der Waals surface area contributed by atoms with Crippen molar-refractivity contribution in [1.82, 2.24) is 0 Å². The van der Waals surface area contributed by atoms with Crippen molar-refractivity contribution in [2.45, 2.75) is 75.8 Å². The number of carbonyl (C=O) groups is 3. The normalized spacial score (nSPS) is 37.0. The number of aliphatic hydroxyl groups is 2. The van der Waals surface area contributed by atoms with Crippen molar-refractivity contribution in [1.29, 1.82) is 0 Å². The Morgan fingerprint density at radius 1 is 0.854 bits per heavy atom. The fourth-order valence-electron chi connectivity index (χ4n) is 7.92. The second-order valence-electron chi connectivity index (χ2n) is 11.7. The van der Waals surface area contributed by atoms with Gasteiger partial charge in [-0.25, -0.2) is 0 Å². The van der Waals surface area contributed by atoms with E-state index in [1.807, 2.05) is 0 Å². The minimum absolute atomic E-state index is 0.0996. The number of hydrogen-bond donors (Lipinski definition) is 5. The van der Waals surface area contributed by atoms with Crippen molar-refractivity contribution in [2.75, 3.05) is 0 Å². The first-order valence-corrected chi connectivity index (χ1v) is 13.5. The van der Waals surface area contributed by atoms with E-state index < -0.39 is 82.2 Å². The molecule has 1 fully saturated rings. The summed E-state index contributed by atoms with van der Waals surface area (Å²) >= 11 is 0. The monoisotopic (exact) mass is 564 g/mol. The van der Waals surface area contributed by atoms with Gasteiger partial charge in [-0.15, -0.1) is 0 Å². The molecule has 8 atom stereocenters. The zero-order valence-corrected chi connectivity index (χ0v) is 22.6. The molecule has 11 heteroatoms. The number of Topliss-reactive ketones (excluding diaryl/α,β-unsaturated/α-hetero) is 3. The van der Waals surface area contributed by atoms with Gasteiger partial charge in [0.25, 0.3) is 0 Å². The number of fused-ring (bicyclic) bond motifs is 6. The van der Waals surface area contributed by atoms with Gasteiger partial charge in [0.15, 0.2) is 28.6 Å². The fourth-order valence-corrected chi connectivity index (χ4v) is 7.92. The van der Waals surface area contributed by atoms with Crippen molar-refractivity contribution >= 4 is 17.3 Å². The summed E-state index contributed by atoms with van der Waals surface area (Å²) in [6.07, 6.45) is -4.63. The van der Waals surface area contributed by atoms with Crippen LogP contribution in [0.4, 0.5) is 0 Å². The minimum atomic E-state index is -2.56. The molecule has 11 nitrogen and oxygen atoms in total. The highest BCUT2D eigenvalue weighted by atomic mass is 16.6. The number of aromatic hydroxyl groups is 3. The Bertz CT molecular complexity index is 1660. The predicted molar refractivity (Wildman–Crippen MR) is 138 cm³/mol. The molecule has 0 bridgehead atoms. The van der Waals surface area contributed by atoms with E-state index >= 15 is 0 Å². The highest BCUT2D eigenvalue weighted by Gasteiger charge is 2.77. The number of ether oxygens (including phenoxy) is 3. The van der Waals surface area contributed by atoms with Crippen LogP contribution in [0.5, 0.6) is 23.0 Å². The predicted octanol–water partition coefficient (Wildman–Crippen LogP) is 2.02. The van der Waals surface area contributed by atoms with E-state index in [1.165, 1.54) is 6.92 Å². The molecule has 0 aromatic heterocycles. The van der Waals surface area contributed by atoms with Crippen LogP contribution in [0.15, 0.2) is 29.3 Å². The van der Waals surface area contributed by atoms with Crippen molar-refractivity contribution in [3.63, 3.8) is 0 Å². The quantitative estimate of drug-likeness (QED) is 0.316. The molecular weight excluding hydrogens is 536 g/mol. The Balaban J connectivity index is 1.62. The zero-order chi connectivity index (χ0) is 29.5. The molecule has 1 spiro atoms. The van der Waals surface area contributed by atoms with Crippen LogP contribution in [0.3, 0.4) is 0 Å². The Labute approximate surface area is 233 Å². The van der Waals surface area contributed by atoms with Gasteiger partial charge in [-0.05, 0) is 33.8 Å². The number of rotatable bonds is 0. The number of benzene rings is 2. The van der Waals surface area contributed by atoms with Crippen LogP contribution in [0.1, 0.15) is 76.3 Å². The number of phenols is 3. The molecule has 0 amide bonds. The molecule has 3 heterocycles. The maximum absolute atomic E-state index is 14.3. The molecule has 2 aromatic carbocycles. The van der Waals surface area contributed by atoms with Gasteiger partial charge in [0.05, 0.1) is 41.5 Å². The van der Waals surface area contributed by atoms with Gasteiger partial charge in [-0.1, -0.05) is 0 Å². The average molecular weight is 565 g/mol. The Morgan fingerprint density at radius 3 is 2.24 bits per heavy atom. The van der Waals surface area contributed by atoms with E-state index in [1.54, 1.807) is 20.8 Å². The molecule has 5 N–H and O–H groups in total. The minimum Gasteiger partial charge on any atom is -0.508 e. The summed E-state index contributed by atoms with van der Waals surface area (Å²) in [4.78, 5) is 42.2. The summed E-state index contributed by atoms with van der Waals surface area (Å²) in [6.45, 7) is 6.48. The first-order valence-electron chi connectivity index (χ1n) is 13.5. The lowest BCUT2D eigenvalue weighted by molar-refractivity contribution is -0.263. The van der Waals surface area contributed by atoms with Crippen LogP contribution in [0.25, 0.3) is 0 Å². The summed E-state index contributed by atoms with van der Waals surface area (Å²) in [7, 11) is 0. The lowest BCUT2D eigenvalue weighted by atomic mass is 9.55. The number of phenolic OH excluding ortho intramolecular Hbond substituents is 3. The molecule has 2 aromatic rings. The molecular formula is C30H28O11. The van der Waals surface area contributed by atoms with Crippen LogP contribution < -0.4 is 4.74 Å². The van der Waals surface area contributed by atoms with Crippen LogP contribution in [-0.2, 0) is 15.1 Å². The van der Waals surface area contributed by atoms with E-state index in [-0.39, 0.29) is 51.1 Å². The van der Waals surface area contributed by atoms with Gasteiger partial charge >= 0.3 is 0 Å². The largest absolute Gasteiger partial charge is 0.508 e. The van der Waals surface area contributed by atoms with Crippen molar-refractivity contribution in [2.24, 2.45) is 5.92 Å². The summed E-state index contributed by atoms with van der Waals surface area (Å²) in [5.74, 6) is -5.36. The average Bonchev–Trinajstić information content (AvgIpc) is 3.13. The molecule has 5 aliphatic rings. The maximum Gasteiger partial charge on any atom is 0.196 e. The molecule has 2 aliphatic carbocycles. The van der Waals surface area contributed by atoms with Gasteiger partial charge in [-0.3, -0.25) is 14.4 Å². The Hall–Kier alpha value is -3.77.